The molecule has 7 heteroatoms. The SMILES string of the molecule is COCc1nc(N(C)Cc2ccc(Cl)s2)sc1CN. The van der Waals surface area contributed by atoms with Gasteiger partial charge >= 0.3 is 0 Å². The second kappa shape index (κ2) is 6.67. The lowest BCUT2D eigenvalue weighted by Crippen LogP contribution is -2.15. The molecule has 2 N–H and O–H groups in total. The molecule has 104 valence electrons. The zero-order valence-corrected chi connectivity index (χ0v) is 13.2. The number of thiophene rings is 1. The highest BCUT2D eigenvalue weighted by Crippen LogP contribution is 2.29. The lowest BCUT2D eigenvalue weighted by Gasteiger charge is -2.14. The van der Waals surface area contributed by atoms with Gasteiger partial charge in [-0.2, -0.15) is 0 Å². The molecule has 0 aliphatic carbocycles. The molecule has 0 bridgehead atoms. The standard InChI is InChI=1S/C12H16ClN3OS2/c1-16(6-8-3-4-11(13)18-8)12-15-9(7-17-2)10(5-14)19-12/h3-4H,5-7,14H2,1-2H3. The van der Waals surface area contributed by atoms with Gasteiger partial charge in [-0.05, 0) is 12.1 Å². The molecule has 0 radical (unpaired) electrons. The first-order valence-electron chi connectivity index (χ1n) is 5.77. The molecule has 0 saturated carbocycles. The van der Waals surface area contributed by atoms with Crippen molar-refractivity contribution in [3.05, 3.63) is 31.9 Å². The molecule has 0 atom stereocenters. The minimum absolute atomic E-state index is 0.495. The van der Waals surface area contributed by atoms with E-state index in [0.717, 1.165) is 26.6 Å². The Balaban J connectivity index is 2.12. The molecule has 0 spiro atoms. The molecular formula is C12H16ClN3OS2. The summed E-state index contributed by atoms with van der Waals surface area (Å²) in [5.41, 5.74) is 6.66. The molecule has 0 fully saturated rings. The predicted octanol–water partition coefficient (Wildman–Crippen LogP) is 3.10. The van der Waals surface area contributed by atoms with E-state index in [4.69, 9.17) is 22.1 Å². The lowest BCUT2D eigenvalue weighted by atomic mass is 10.4. The van der Waals surface area contributed by atoms with Crippen molar-refractivity contribution < 1.29 is 4.74 Å². The number of thiazole rings is 1. The van der Waals surface area contributed by atoms with Crippen molar-refractivity contribution in [3.8, 4) is 0 Å². The molecule has 2 heterocycles. The monoisotopic (exact) mass is 317 g/mol. The third-order valence-corrected chi connectivity index (χ3v) is 5.03. The summed E-state index contributed by atoms with van der Waals surface area (Å²) in [5.74, 6) is 0. The van der Waals surface area contributed by atoms with Crippen LogP contribution in [0.5, 0.6) is 0 Å². The Bertz CT molecular complexity index is 541. The largest absolute Gasteiger partial charge is 0.378 e. The minimum Gasteiger partial charge on any atom is -0.378 e. The third-order valence-electron chi connectivity index (χ3n) is 2.58. The topological polar surface area (TPSA) is 51.4 Å². The summed E-state index contributed by atoms with van der Waals surface area (Å²) in [7, 11) is 3.68. The van der Waals surface area contributed by atoms with Crippen LogP contribution in [0.3, 0.4) is 0 Å². The van der Waals surface area contributed by atoms with Crippen molar-refractivity contribution in [2.24, 2.45) is 5.73 Å². The normalized spacial score (nSPS) is 10.9. The van der Waals surface area contributed by atoms with Gasteiger partial charge in [0.2, 0.25) is 0 Å². The van der Waals surface area contributed by atoms with Crippen LogP contribution in [0, 0.1) is 0 Å². The van der Waals surface area contributed by atoms with E-state index in [-0.39, 0.29) is 0 Å². The Morgan fingerprint density at radius 1 is 1.42 bits per heavy atom. The molecule has 2 aromatic rings. The van der Waals surface area contributed by atoms with Crippen molar-refractivity contribution in [3.63, 3.8) is 0 Å². The molecular weight excluding hydrogens is 302 g/mol. The van der Waals surface area contributed by atoms with Crippen LogP contribution in [0.1, 0.15) is 15.4 Å². The van der Waals surface area contributed by atoms with Crippen molar-refractivity contribution in [2.45, 2.75) is 19.7 Å². The van der Waals surface area contributed by atoms with Crippen LogP contribution in [-0.4, -0.2) is 19.1 Å². The number of hydrogen-bond acceptors (Lipinski definition) is 6. The average Bonchev–Trinajstić information content (AvgIpc) is 2.96. The number of hydrogen-bond donors (Lipinski definition) is 1. The fraction of sp³-hybridized carbons (Fsp3) is 0.417. The quantitative estimate of drug-likeness (QED) is 0.889. The van der Waals surface area contributed by atoms with E-state index < -0.39 is 0 Å². The van der Waals surface area contributed by atoms with Crippen molar-refractivity contribution in [2.75, 3.05) is 19.1 Å². The molecule has 0 saturated heterocycles. The fourth-order valence-electron chi connectivity index (χ4n) is 1.68. The van der Waals surface area contributed by atoms with Crippen LogP contribution < -0.4 is 10.6 Å². The summed E-state index contributed by atoms with van der Waals surface area (Å²) in [6.07, 6.45) is 0. The Morgan fingerprint density at radius 3 is 2.79 bits per heavy atom. The van der Waals surface area contributed by atoms with Crippen LogP contribution >= 0.6 is 34.3 Å². The fourth-order valence-corrected chi connectivity index (χ4v) is 3.72. The zero-order chi connectivity index (χ0) is 13.8. The average molecular weight is 318 g/mol. The first-order chi connectivity index (χ1) is 9.13. The molecule has 19 heavy (non-hydrogen) atoms. The first kappa shape index (κ1) is 14.7. The van der Waals surface area contributed by atoms with Gasteiger partial charge in [0.15, 0.2) is 5.13 Å². The Morgan fingerprint density at radius 2 is 2.21 bits per heavy atom. The van der Waals surface area contributed by atoms with Crippen LogP contribution in [0.15, 0.2) is 12.1 Å². The second-order valence-corrected chi connectivity index (χ2v) is 6.93. The molecule has 0 aliphatic heterocycles. The molecule has 0 aromatic carbocycles. The van der Waals surface area contributed by atoms with Gasteiger partial charge in [-0.25, -0.2) is 4.98 Å². The van der Waals surface area contributed by atoms with Crippen LogP contribution in [0.2, 0.25) is 4.34 Å². The summed E-state index contributed by atoms with van der Waals surface area (Å²) >= 11 is 9.14. The zero-order valence-electron chi connectivity index (χ0n) is 10.9. The second-order valence-electron chi connectivity index (χ2n) is 4.07. The number of nitrogens with two attached hydrogens (primary N) is 1. The van der Waals surface area contributed by atoms with Gasteiger partial charge in [0.1, 0.15) is 0 Å². The Labute approximate surface area is 125 Å². The highest BCUT2D eigenvalue weighted by Gasteiger charge is 2.13. The number of nitrogens with zero attached hydrogens (tertiary/aromatic N) is 2. The van der Waals surface area contributed by atoms with Crippen molar-refractivity contribution >= 4 is 39.4 Å². The number of aromatic nitrogens is 1. The Kier molecular flexibility index (Phi) is 5.18. The van der Waals surface area contributed by atoms with Crippen LogP contribution in [-0.2, 0) is 24.4 Å². The van der Waals surface area contributed by atoms with Gasteiger partial charge in [-0.1, -0.05) is 11.6 Å². The smallest absolute Gasteiger partial charge is 0.185 e. The number of ether oxygens (including phenoxy) is 1. The molecule has 4 nitrogen and oxygen atoms in total. The third kappa shape index (κ3) is 3.67. The van der Waals surface area contributed by atoms with E-state index in [1.807, 2.05) is 19.2 Å². The maximum Gasteiger partial charge on any atom is 0.185 e. The van der Waals surface area contributed by atoms with Crippen LogP contribution in [0.25, 0.3) is 0 Å². The minimum atomic E-state index is 0.495. The molecule has 2 aromatic heterocycles. The van der Waals surface area contributed by atoms with E-state index in [1.165, 1.54) is 4.88 Å². The predicted molar refractivity (Wildman–Crippen MR) is 82.2 cm³/mol. The van der Waals surface area contributed by atoms with Gasteiger partial charge in [0.25, 0.3) is 0 Å². The molecule has 2 rings (SSSR count). The first-order valence-corrected chi connectivity index (χ1v) is 7.78. The summed E-state index contributed by atoms with van der Waals surface area (Å²) in [5, 5.41) is 0.956. The maximum atomic E-state index is 5.94. The summed E-state index contributed by atoms with van der Waals surface area (Å²) < 4.78 is 5.95. The summed E-state index contributed by atoms with van der Waals surface area (Å²) in [6, 6.07) is 3.95. The van der Waals surface area contributed by atoms with Crippen molar-refractivity contribution in [1.82, 2.24) is 4.98 Å². The lowest BCUT2D eigenvalue weighted by molar-refractivity contribution is 0.181. The molecule has 0 amide bonds. The van der Waals surface area contributed by atoms with Crippen molar-refractivity contribution in [1.29, 1.82) is 0 Å². The summed E-state index contributed by atoms with van der Waals surface area (Å²) in [6.45, 7) is 1.79. The summed E-state index contributed by atoms with van der Waals surface area (Å²) in [4.78, 5) is 8.98. The number of halogens is 1. The van der Waals surface area contributed by atoms with Gasteiger partial charge in [-0.3, -0.25) is 0 Å². The molecule has 0 aliphatic rings. The van der Waals surface area contributed by atoms with Crippen LogP contribution in [0.4, 0.5) is 5.13 Å². The maximum absolute atomic E-state index is 5.94. The van der Waals surface area contributed by atoms with E-state index in [9.17, 15) is 0 Å². The van der Waals surface area contributed by atoms with E-state index in [2.05, 4.69) is 9.88 Å². The van der Waals surface area contributed by atoms with Gasteiger partial charge in [-0.15, -0.1) is 22.7 Å². The highest BCUT2D eigenvalue weighted by atomic mass is 35.5. The van der Waals surface area contributed by atoms with E-state index >= 15 is 0 Å². The highest BCUT2D eigenvalue weighted by molar-refractivity contribution is 7.16. The van der Waals surface area contributed by atoms with Gasteiger partial charge in [0.05, 0.1) is 23.2 Å². The van der Waals surface area contributed by atoms with Gasteiger partial charge < -0.3 is 15.4 Å². The molecule has 0 unspecified atom stereocenters. The van der Waals surface area contributed by atoms with E-state index in [0.29, 0.717) is 13.2 Å². The number of methoxy groups -OCH3 is 1. The number of anilines is 1. The van der Waals surface area contributed by atoms with Gasteiger partial charge in [0, 0.05) is 30.5 Å². The van der Waals surface area contributed by atoms with E-state index in [1.54, 1.807) is 29.8 Å². The Hall–Kier alpha value is -0.660. The number of rotatable bonds is 6.